The molecular weight excluding hydrogens is 226 g/mol. The fraction of sp³-hybridized carbons (Fsp3) is 0.500. The fourth-order valence-corrected chi connectivity index (χ4v) is 1.95. The standard InChI is InChI=1S/C14H23N3O/c1-5-17(10(2)3)9-12-8-11(14(15)16)6-7-13(12)18-4/h6-8,10H,5,9H2,1-4H3,(H3,15,16). The average Bonchev–Trinajstić information content (AvgIpc) is 2.35. The number of benzene rings is 1. The Balaban J connectivity index is 3.04. The van der Waals surface area contributed by atoms with E-state index in [0.29, 0.717) is 6.04 Å². The van der Waals surface area contributed by atoms with E-state index in [2.05, 4.69) is 25.7 Å². The van der Waals surface area contributed by atoms with Crippen LogP contribution in [0.15, 0.2) is 18.2 Å². The summed E-state index contributed by atoms with van der Waals surface area (Å²) >= 11 is 0. The molecule has 0 heterocycles. The lowest BCUT2D eigenvalue weighted by molar-refractivity contribution is 0.222. The molecule has 100 valence electrons. The van der Waals surface area contributed by atoms with Gasteiger partial charge in [0.1, 0.15) is 11.6 Å². The minimum atomic E-state index is 0.0894. The third-order valence-electron chi connectivity index (χ3n) is 3.10. The van der Waals surface area contributed by atoms with Crippen molar-refractivity contribution in [2.24, 2.45) is 5.73 Å². The summed E-state index contributed by atoms with van der Waals surface area (Å²) in [6.07, 6.45) is 0. The molecule has 0 aliphatic carbocycles. The number of amidine groups is 1. The zero-order valence-corrected chi connectivity index (χ0v) is 11.7. The van der Waals surface area contributed by atoms with E-state index in [4.69, 9.17) is 15.9 Å². The summed E-state index contributed by atoms with van der Waals surface area (Å²) in [5.74, 6) is 0.936. The minimum Gasteiger partial charge on any atom is -0.496 e. The molecule has 0 aliphatic rings. The zero-order valence-electron chi connectivity index (χ0n) is 11.7. The van der Waals surface area contributed by atoms with E-state index >= 15 is 0 Å². The number of rotatable bonds is 6. The van der Waals surface area contributed by atoms with E-state index in [1.165, 1.54) is 0 Å². The van der Waals surface area contributed by atoms with Gasteiger partial charge in [-0.2, -0.15) is 0 Å². The van der Waals surface area contributed by atoms with Crippen LogP contribution in [0.25, 0.3) is 0 Å². The lowest BCUT2D eigenvalue weighted by Gasteiger charge is -2.25. The first-order valence-corrected chi connectivity index (χ1v) is 6.25. The highest BCUT2D eigenvalue weighted by Crippen LogP contribution is 2.22. The number of hydrogen-bond donors (Lipinski definition) is 2. The van der Waals surface area contributed by atoms with Gasteiger partial charge in [-0.1, -0.05) is 6.92 Å². The molecule has 3 N–H and O–H groups in total. The van der Waals surface area contributed by atoms with Crippen LogP contribution in [0.2, 0.25) is 0 Å². The summed E-state index contributed by atoms with van der Waals surface area (Å²) in [6.45, 7) is 8.26. The van der Waals surface area contributed by atoms with Crippen LogP contribution in [-0.2, 0) is 6.54 Å². The van der Waals surface area contributed by atoms with Crippen LogP contribution in [0.3, 0.4) is 0 Å². The first kappa shape index (κ1) is 14.5. The molecule has 0 aromatic heterocycles. The van der Waals surface area contributed by atoms with E-state index in [0.717, 1.165) is 30.0 Å². The van der Waals surface area contributed by atoms with Crippen molar-refractivity contribution < 1.29 is 4.74 Å². The Kier molecular flexibility index (Phi) is 5.16. The van der Waals surface area contributed by atoms with Gasteiger partial charge in [0, 0.05) is 23.7 Å². The largest absolute Gasteiger partial charge is 0.496 e. The molecule has 0 amide bonds. The number of methoxy groups -OCH3 is 1. The average molecular weight is 249 g/mol. The molecule has 1 aromatic carbocycles. The van der Waals surface area contributed by atoms with Gasteiger partial charge in [0.2, 0.25) is 0 Å². The Morgan fingerprint density at radius 2 is 2.11 bits per heavy atom. The van der Waals surface area contributed by atoms with Crippen molar-refractivity contribution in [1.29, 1.82) is 5.41 Å². The normalized spacial score (nSPS) is 11.0. The van der Waals surface area contributed by atoms with Crippen molar-refractivity contribution in [1.82, 2.24) is 4.90 Å². The smallest absolute Gasteiger partial charge is 0.123 e. The second kappa shape index (κ2) is 6.40. The van der Waals surface area contributed by atoms with Crippen LogP contribution in [0.5, 0.6) is 5.75 Å². The predicted octanol–water partition coefficient (Wildman–Crippen LogP) is 2.21. The highest BCUT2D eigenvalue weighted by molar-refractivity contribution is 5.95. The molecule has 1 rings (SSSR count). The van der Waals surface area contributed by atoms with Crippen LogP contribution in [-0.4, -0.2) is 30.4 Å². The van der Waals surface area contributed by atoms with E-state index in [9.17, 15) is 0 Å². The van der Waals surface area contributed by atoms with Crippen molar-refractivity contribution >= 4 is 5.84 Å². The summed E-state index contributed by atoms with van der Waals surface area (Å²) in [7, 11) is 1.66. The number of nitrogens with two attached hydrogens (primary N) is 1. The maximum absolute atomic E-state index is 7.49. The molecule has 0 bridgehead atoms. The third-order valence-corrected chi connectivity index (χ3v) is 3.10. The lowest BCUT2D eigenvalue weighted by Crippen LogP contribution is -2.30. The van der Waals surface area contributed by atoms with Gasteiger partial charge >= 0.3 is 0 Å². The minimum absolute atomic E-state index is 0.0894. The monoisotopic (exact) mass is 249 g/mol. The SMILES string of the molecule is CCN(Cc1cc(C(=N)N)ccc1OC)C(C)C. The van der Waals surface area contributed by atoms with Crippen molar-refractivity contribution in [3.63, 3.8) is 0 Å². The van der Waals surface area contributed by atoms with E-state index in [1.807, 2.05) is 18.2 Å². The summed E-state index contributed by atoms with van der Waals surface area (Å²) in [5, 5.41) is 7.49. The quantitative estimate of drug-likeness (QED) is 0.600. The Morgan fingerprint density at radius 1 is 1.44 bits per heavy atom. The second-order valence-corrected chi connectivity index (χ2v) is 4.60. The van der Waals surface area contributed by atoms with Gasteiger partial charge in [-0.3, -0.25) is 10.3 Å². The molecule has 0 unspecified atom stereocenters. The van der Waals surface area contributed by atoms with Gasteiger partial charge in [0.05, 0.1) is 7.11 Å². The van der Waals surface area contributed by atoms with Crippen LogP contribution in [0.1, 0.15) is 31.9 Å². The molecule has 0 radical (unpaired) electrons. The number of nitrogens with zero attached hydrogens (tertiary/aromatic N) is 1. The molecule has 0 fully saturated rings. The molecule has 0 aliphatic heterocycles. The van der Waals surface area contributed by atoms with E-state index in [-0.39, 0.29) is 5.84 Å². The van der Waals surface area contributed by atoms with Crippen LogP contribution in [0.4, 0.5) is 0 Å². The molecule has 0 saturated heterocycles. The first-order chi connectivity index (χ1) is 8.49. The maximum atomic E-state index is 7.49. The predicted molar refractivity (Wildman–Crippen MR) is 75.2 cm³/mol. The highest BCUT2D eigenvalue weighted by atomic mass is 16.5. The summed E-state index contributed by atoms with van der Waals surface area (Å²) in [4.78, 5) is 2.34. The highest BCUT2D eigenvalue weighted by Gasteiger charge is 2.12. The second-order valence-electron chi connectivity index (χ2n) is 4.60. The molecule has 4 nitrogen and oxygen atoms in total. The van der Waals surface area contributed by atoms with Gasteiger partial charge in [-0.05, 0) is 38.6 Å². The fourth-order valence-electron chi connectivity index (χ4n) is 1.95. The number of nitrogen functional groups attached to an aromatic ring is 1. The maximum Gasteiger partial charge on any atom is 0.123 e. The van der Waals surface area contributed by atoms with Gasteiger partial charge in [0.15, 0.2) is 0 Å². The van der Waals surface area contributed by atoms with Gasteiger partial charge in [0.25, 0.3) is 0 Å². The molecule has 0 atom stereocenters. The van der Waals surface area contributed by atoms with E-state index < -0.39 is 0 Å². The molecule has 1 aromatic rings. The van der Waals surface area contributed by atoms with Crippen LogP contribution >= 0.6 is 0 Å². The number of ether oxygens (including phenoxy) is 1. The number of nitrogens with one attached hydrogen (secondary N) is 1. The van der Waals surface area contributed by atoms with Gasteiger partial charge in [-0.25, -0.2) is 0 Å². The Morgan fingerprint density at radius 3 is 2.56 bits per heavy atom. The van der Waals surface area contributed by atoms with Gasteiger partial charge in [-0.15, -0.1) is 0 Å². The topological polar surface area (TPSA) is 62.3 Å². The summed E-state index contributed by atoms with van der Waals surface area (Å²) < 4.78 is 5.37. The van der Waals surface area contributed by atoms with E-state index in [1.54, 1.807) is 7.11 Å². The molecule has 0 spiro atoms. The van der Waals surface area contributed by atoms with Crippen molar-refractivity contribution in [2.75, 3.05) is 13.7 Å². The molecule has 4 heteroatoms. The summed E-state index contributed by atoms with van der Waals surface area (Å²) in [5.41, 5.74) is 7.34. The molecule has 18 heavy (non-hydrogen) atoms. The van der Waals surface area contributed by atoms with Crippen LogP contribution < -0.4 is 10.5 Å². The Bertz CT molecular complexity index is 416. The molecule has 0 saturated carbocycles. The third kappa shape index (κ3) is 3.47. The van der Waals surface area contributed by atoms with Crippen molar-refractivity contribution in [3.05, 3.63) is 29.3 Å². The van der Waals surface area contributed by atoms with Crippen LogP contribution in [0, 0.1) is 5.41 Å². The van der Waals surface area contributed by atoms with Crippen molar-refractivity contribution in [2.45, 2.75) is 33.4 Å². The zero-order chi connectivity index (χ0) is 13.7. The van der Waals surface area contributed by atoms with Crippen molar-refractivity contribution in [3.8, 4) is 5.75 Å². The lowest BCUT2D eigenvalue weighted by atomic mass is 10.1. The Hall–Kier alpha value is -1.55. The number of hydrogen-bond acceptors (Lipinski definition) is 3. The Labute approximate surface area is 109 Å². The summed E-state index contributed by atoms with van der Waals surface area (Å²) in [6, 6.07) is 6.10. The van der Waals surface area contributed by atoms with Gasteiger partial charge < -0.3 is 10.5 Å². The first-order valence-electron chi connectivity index (χ1n) is 6.25. The molecular formula is C14H23N3O.